The van der Waals surface area contributed by atoms with Crippen molar-refractivity contribution in [3.63, 3.8) is 0 Å². The maximum atomic E-state index is 12.8. The largest absolute Gasteiger partial charge is 0.484 e. The van der Waals surface area contributed by atoms with Gasteiger partial charge in [0.25, 0.3) is 5.91 Å². The fraction of sp³-hybridized carbons (Fsp3) is 0.308. The number of hydrogen-bond donors (Lipinski definition) is 1. The Morgan fingerprint density at radius 1 is 1.09 bits per heavy atom. The number of rotatable bonds is 8. The molecule has 172 valence electrons. The highest BCUT2D eigenvalue weighted by molar-refractivity contribution is 7.17. The number of hydrogen-bond acceptors (Lipinski definition) is 6. The summed E-state index contributed by atoms with van der Waals surface area (Å²) in [4.78, 5) is 28.8. The molecule has 0 saturated heterocycles. The summed E-state index contributed by atoms with van der Waals surface area (Å²) in [5, 5.41) is 3.43. The van der Waals surface area contributed by atoms with E-state index in [2.05, 4.69) is 22.3 Å². The molecule has 7 heteroatoms. The predicted molar refractivity (Wildman–Crippen MR) is 130 cm³/mol. The Hall–Kier alpha value is -3.16. The minimum atomic E-state index is -0.388. The maximum Gasteiger partial charge on any atom is 0.341 e. The lowest BCUT2D eigenvalue weighted by molar-refractivity contribution is -0.118. The van der Waals surface area contributed by atoms with E-state index in [0.29, 0.717) is 16.3 Å². The third-order valence-electron chi connectivity index (χ3n) is 5.51. The predicted octanol–water partition coefficient (Wildman–Crippen LogP) is 4.81. The first-order valence-corrected chi connectivity index (χ1v) is 11.9. The molecule has 0 saturated carbocycles. The fourth-order valence-corrected chi connectivity index (χ4v) is 5.18. The summed E-state index contributed by atoms with van der Waals surface area (Å²) in [6, 6.07) is 17.9. The number of benzene rings is 2. The molecule has 1 N–H and O–H groups in total. The highest BCUT2D eigenvalue weighted by atomic mass is 32.1. The summed E-state index contributed by atoms with van der Waals surface area (Å²) in [5.74, 6) is -0.0643. The number of fused-ring (bicyclic) bond motifs is 1. The van der Waals surface area contributed by atoms with Crippen molar-refractivity contribution in [2.75, 3.05) is 25.1 Å². The summed E-state index contributed by atoms with van der Waals surface area (Å²) in [6.45, 7) is 6.35. The first-order chi connectivity index (χ1) is 16.0. The zero-order valence-electron chi connectivity index (χ0n) is 18.9. The van der Waals surface area contributed by atoms with Crippen LogP contribution in [0.15, 0.2) is 54.6 Å². The van der Waals surface area contributed by atoms with E-state index in [4.69, 9.17) is 9.47 Å². The average Bonchev–Trinajstić information content (AvgIpc) is 3.16. The van der Waals surface area contributed by atoms with Crippen molar-refractivity contribution in [2.24, 2.45) is 0 Å². The molecule has 0 unspecified atom stereocenters. The van der Waals surface area contributed by atoms with Crippen molar-refractivity contribution in [1.82, 2.24) is 4.90 Å². The van der Waals surface area contributed by atoms with Gasteiger partial charge in [-0.15, -0.1) is 11.3 Å². The second-order valence-electron chi connectivity index (χ2n) is 8.02. The van der Waals surface area contributed by atoms with Crippen molar-refractivity contribution in [3.05, 3.63) is 81.7 Å². The molecule has 0 spiro atoms. The van der Waals surface area contributed by atoms with Gasteiger partial charge in [0.05, 0.1) is 12.2 Å². The monoisotopic (exact) mass is 464 g/mol. The first kappa shape index (κ1) is 23.0. The lowest BCUT2D eigenvalue weighted by Gasteiger charge is -2.27. The molecule has 0 bridgehead atoms. The maximum absolute atomic E-state index is 12.8. The van der Waals surface area contributed by atoms with E-state index in [1.807, 2.05) is 49.4 Å². The molecule has 1 aliphatic heterocycles. The molecule has 0 radical (unpaired) electrons. The van der Waals surface area contributed by atoms with Crippen LogP contribution in [0.5, 0.6) is 5.75 Å². The third kappa shape index (κ3) is 5.80. The molecule has 0 aliphatic carbocycles. The number of amides is 1. The van der Waals surface area contributed by atoms with Gasteiger partial charge >= 0.3 is 5.97 Å². The molecule has 2 heterocycles. The Morgan fingerprint density at radius 3 is 2.58 bits per heavy atom. The molecule has 33 heavy (non-hydrogen) atoms. The van der Waals surface area contributed by atoms with Crippen LogP contribution < -0.4 is 10.1 Å². The minimum absolute atomic E-state index is 0.131. The van der Waals surface area contributed by atoms with Gasteiger partial charge in [0.1, 0.15) is 10.8 Å². The molecular weight excluding hydrogens is 436 g/mol. The van der Waals surface area contributed by atoms with Crippen molar-refractivity contribution in [1.29, 1.82) is 0 Å². The Morgan fingerprint density at radius 2 is 1.85 bits per heavy atom. The summed E-state index contributed by atoms with van der Waals surface area (Å²) in [7, 11) is 0. The van der Waals surface area contributed by atoms with E-state index < -0.39 is 0 Å². The molecule has 1 aliphatic rings. The quantitative estimate of drug-likeness (QED) is 0.485. The molecule has 4 rings (SSSR count). The van der Waals surface area contributed by atoms with Crippen LogP contribution >= 0.6 is 11.3 Å². The van der Waals surface area contributed by atoms with Crippen LogP contribution in [0, 0.1) is 6.92 Å². The summed E-state index contributed by atoms with van der Waals surface area (Å²) < 4.78 is 10.9. The van der Waals surface area contributed by atoms with Crippen molar-refractivity contribution in [3.8, 4) is 5.75 Å². The second kappa shape index (κ2) is 10.6. The zero-order chi connectivity index (χ0) is 23.2. The number of ether oxygens (including phenoxy) is 2. The number of carbonyl (C=O) groups excluding carboxylic acids is 2. The first-order valence-electron chi connectivity index (χ1n) is 11.1. The summed E-state index contributed by atoms with van der Waals surface area (Å²) >= 11 is 1.45. The molecule has 6 nitrogen and oxygen atoms in total. The number of nitrogens with one attached hydrogen (secondary N) is 1. The Labute approximate surface area is 198 Å². The van der Waals surface area contributed by atoms with Crippen LogP contribution in [0.1, 0.15) is 38.8 Å². The van der Waals surface area contributed by atoms with Crippen molar-refractivity contribution < 1.29 is 19.1 Å². The normalized spacial score (nSPS) is 13.3. The van der Waals surface area contributed by atoms with Crippen LogP contribution in [-0.2, 0) is 29.0 Å². The highest BCUT2D eigenvalue weighted by Crippen LogP contribution is 2.38. The third-order valence-corrected chi connectivity index (χ3v) is 6.64. The lowest BCUT2D eigenvalue weighted by atomic mass is 10.0. The summed E-state index contributed by atoms with van der Waals surface area (Å²) in [5.41, 5.74) is 3.85. The van der Waals surface area contributed by atoms with Gasteiger partial charge < -0.3 is 14.8 Å². The van der Waals surface area contributed by atoms with Crippen LogP contribution in [0.25, 0.3) is 0 Å². The SMILES string of the molecule is CCOC(=O)c1c(NC(=O)COc2ccc(C)cc2)sc2c1CCN(Cc1ccccc1)C2. The van der Waals surface area contributed by atoms with Crippen LogP contribution in [0.2, 0.25) is 0 Å². The van der Waals surface area contributed by atoms with E-state index in [0.717, 1.165) is 42.1 Å². The number of thiophene rings is 1. The van der Waals surface area contributed by atoms with Gasteiger partial charge in [0.15, 0.2) is 6.61 Å². The Balaban J connectivity index is 1.48. The molecule has 1 amide bonds. The van der Waals surface area contributed by atoms with Gasteiger partial charge in [-0.25, -0.2) is 4.79 Å². The average molecular weight is 465 g/mol. The van der Waals surface area contributed by atoms with Gasteiger partial charge in [0.2, 0.25) is 0 Å². The number of esters is 1. The number of anilines is 1. The standard InChI is InChI=1S/C26H28N2O4S/c1-3-31-26(30)24-21-13-14-28(15-19-7-5-4-6-8-19)16-22(21)33-25(24)27-23(29)17-32-20-11-9-18(2)10-12-20/h4-12H,3,13-17H2,1-2H3,(H,27,29). The van der Waals surface area contributed by atoms with Gasteiger partial charge in [-0.3, -0.25) is 9.69 Å². The number of nitrogens with zero attached hydrogens (tertiary/aromatic N) is 1. The zero-order valence-corrected chi connectivity index (χ0v) is 19.7. The van der Waals surface area contributed by atoms with Gasteiger partial charge in [-0.05, 0) is 43.5 Å². The Kier molecular flexibility index (Phi) is 7.42. The molecule has 0 atom stereocenters. The molecule has 0 fully saturated rings. The molecule has 1 aromatic heterocycles. The Bertz CT molecular complexity index is 1110. The molecular formula is C26H28N2O4S. The molecule has 2 aromatic carbocycles. The van der Waals surface area contributed by atoms with Gasteiger partial charge in [0, 0.05) is 24.5 Å². The van der Waals surface area contributed by atoms with Crippen molar-refractivity contribution >= 4 is 28.2 Å². The van der Waals surface area contributed by atoms with Crippen LogP contribution in [0.3, 0.4) is 0 Å². The van der Waals surface area contributed by atoms with Crippen LogP contribution in [0.4, 0.5) is 5.00 Å². The topological polar surface area (TPSA) is 67.9 Å². The lowest BCUT2D eigenvalue weighted by Crippen LogP contribution is -2.30. The van der Waals surface area contributed by atoms with E-state index >= 15 is 0 Å². The smallest absolute Gasteiger partial charge is 0.341 e. The molecule has 3 aromatic rings. The fourth-order valence-electron chi connectivity index (χ4n) is 3.89. The van der Waals surface area contributed by atoms with Gasteiger partial charge in [-0.2, -0.15) is 0 Å². The van der Waals surface area contributed by atoms with E-state index in [1.54, 1.807) is 6.92 Å². The van der Waals surface area contributed by atoms with E-state index in [9.17, 15) is 9.59 Å². The second-order valence-corrected chi connectivity index (χ2v) is 9.13. The highest BCUT2D eigenvalue weighted by Gasteiger charge is 2.29. The summed E-state index contributed by atoms with van der Waals surface area (Å²) in [6.07, 6.45) is 0.739. The number of carbonyl (C=O) groups is 2. The van der Waals surface area contributed by atoms with E-state index in [1.165, 1.54) is 16.9 Å². The number of aryl methyl sites for hydroxylation is 1. The van der Waals surface area contributed by atoms with Crippen LogP contribution in [-0.4, -0.2) is 36.5 Å². The minimum Gasteiger partial charge on any atom is -0.484 e. The van der Waals surface area contributed by atoms with E-state index in [-0.39, 0.29) is 25.1 Å². The van der Waals surface area contributed by atoms with Gasteiger partial charge in [-0.1, -0.05) is 48.0 Å². The van der Waals surface area contributed by atoms with Crippen molar-refractivity contribution in [2.45, 2.75) is 33.4 Å².